The molecule has 2 nitrogen and oxygen atoms in total. The first-order valence-corrected chi connectivity index (χ1v) is 6.82. The summed E-state index contributed by atoms with van der Waals surface area (Å²) in [5, 5.41) is 0. The second-order valence-electron chi connectivity index (χ2n) is 3.55. The number of thioether (sulfide) groups is 1. The van der Waals surface area contributed by atoms with E-state index in [1.165, 1.54) is 37.3 Å². The summed E-state index contributed by atoms with van der Waals surface area (Å²) in [5.41, 5.74) is 0. The van der Waals surface area contributed by atoms with Crippen LogP contribution in [0.25, 0.3) is 0 Å². The molecule has 1 aromatic rings. The van der Waals surface area contributed by atoms with Crippen molar-refractivity contribution in [3.05, 3.63) is 18.2 Å². The Bertz CT molecular complexity index is 245. The van der Waals surface area contributed by atoms with Crippen LogP contribution in [-0.4, -0.2) is 17.0 Å². The van der Waals surface area contributed by atoms with Crippen LogP contribution in [0, 0.1) is 0 Å². The number of imidazole rings is 1. The molecule has 0 aliphatic heterocycles. The van der Waals surface area contributed by atoms with E-state index in [-0.39, 0.29) is 0 Å². The van der Waals surface area contributed by atoms with Gasteiger partial charge in [-0.2, -0.15) is 11.8 Å². The van der Waals surface area contributed by atoms with Crippen molar-refractivity contribution in [1.82, 2.24) is 4.98 Å². The maximum Gasteiger partial charge on any atom is 0.254 e. The first-order valence-electron chi connectivity index (χ1n) is 5.43. The van der Waals surface area contributed by atoms with Gasteiger partial charge in [0.15, 0.2) is 0 Å². The minimum atomic E-state index is 1.16. The van der Waals surface area contributed by atoms with Gasteiger partial charge in [-0.15, -0.1) is 0 Å². The molecule has 1 aromatic heterocycles. The number of hydrogen-bond donors (Lipinski definition) is 1. The lowest BCUT2D eigenvalue weighted by atomic mass is 10.3. The van der Waals surface area contributed by atoms with E-state index in [9.17, 15) is 0 Å². The Labute approximate surface area is 91.1 Å². The van der Waals surface area contributed by atoms with Gasteiger partial charge in [-0.05, 0) is 24.9 Å². The van der Waals surface area contributed by atoms with Crippen molar-refractivity contribution in [3.63, 3.8) is 0 Å². The van der Waals surface area contributed by atoms with Crippen LogP contribution in [-0.2, 0) is 13.0 Å². The number of nitrogens with one attached hydrogen (secondary N) is 1. The number of aryl methyl sites for hydroxylation is 2. The Hall–Kier alpha value is -0.440. The number of H-pyrrole nitrogens is 1. The van der Waals surface area contributed by atoms with Gasteiger partial charge in [0.2, 0.25) is 0 Å². The molecular weight excluding hydrogens is 192 g/mol. The van der Waals surface area contributed by atoms with Crippen molar-refractivity contribution in [2.45, 2.75) is 39.2 Å². The third kappa shape index (κ3) is 3.74. The number of nitrogens with zero attached hydrogens (tertiary/aromatic N) is 1. The predicted molar refractivity (Wildman–Crippen MR) is 62.6 cm³/mol. The standard InChI is InChI=1S/C11H20N2S/c1-3-4-8-13-9-7-12-11(13)6-5-10-14-2/h7,9H,3-6,8,10H2,1-2H3/p+1. The fourth-order valence-corrected chi connectivity index (χ4v) is 1.97. The van der Waals surface area contributed by atoms with Crippen molar-refractivity contribution in [2.75, 3.05) is 12.0 Å². The maximum absolute atomic E-state index is 3.33. The molecule has 1 rings (SSSR count). The molecule has 0 unspecified atom stereocenters. The van der Waals surface area contributed by atoms with Crippen LogP contribution in [0.5, 0.6) is 0 Å². The molecule has 0 radical (unpaired) electrons. The fourth-order valence-electron chi connectivity index (χ4n) is 1.53. The predicted octanol–water partition coefficient (Wildman–Crippen LogP) is 2.40. The molecule has 0 aliphatic carbocycles. The largest absolute Gasteiger partial charge is 0.254 e. The van der Waals surface area contributed by atoms with E-state index >= 15 is 0 Å². The third-order valence-electron chi connectivity index (χ3n) is 2.37. The van der Waals surface area contributed by atoms with Gasteiger partial charge in [0, 0.05) is 6.42 Å². The smallest absolute Gasteiger partial charge is 0.248 e. The van der Waals surface area contributed by atoms with Crippen LogP contribution in [0.2, 0.25) is 0 Å². The lowest BCUT2D eigenvalue weighted by Gasteiger charge is -1.99. The van der Waals surface area contributed by atoms with E-state index < -0.39 is 0 Å². The highest BCUT2D eigenvalue weighted by molar-refractivity contribution is 7.98. The second-order valence-corrected chi connectivity index (χ2v) is 4.54. The van der Waals surface area contributed by atoms with Crippen LogP contribution in [0.15, 0.2) is 12.4 Å². The third-order valence-corrected chi connectivity index (χ3v) is 3.06. The van der Waals surface area contributed by atoms with Crippen LogP contribution in [0.3, 0.4) is 0 Å². The molecule has 0 amide bonds. The maximum atomic E-state index is 3.33. The Balaban J connectivity index is 2.37. The van der Waals surface area contributed by atoms with Gasteiger partial charge in [0.05, 0.1) is 6.54 Å². The highest BCUT2D eigenvalue weighted by atomic mass is 32.2. The summed E-state index contributed by atoms with van der Waals surface area (Å²) < 4.78 is 2.35. The summed E-state index contributed by atoms with van der Waals surface area (Å²) in [4.78, 5) is 3.33. The van der Waals surface area contributed by atoms with Crippen LogP contribution >= 0.6 is 11.8 Å². The van der Waals surface area contributed by atoms with Crippen molar-refractivity contribution >= 4 is 11.8 Å². The summed E-state index contributed by atoms with van der Waals surface area (Å²) >= 11 is 1.92. The SMILES string of the molecule is CCCC[n+]1cc[nH]c1CCCSC. The molecule has 0 saturated heterocycles. The lowest BCUT2D eigenvalue weighted by molar-refractivity contribution is -0.703. The number of aromatic amines is 1. The average molecular weight is 213 g/mol. The molecule has 0 atom stereocenters. The summed E-state index contributed by atoms with van der Waals surface area (Å²) in [7, 11) is 0. The first-order chi connectivity index (χ1) is 6.88. The van der Waals surface area contributed by atoms with Crippen LogP contribution < -0.4 is 4.57 Å². The second kappa shape index (κ2) is 6.93. The Kier molecular flexibility index (Phi) is 5.76. The van der Waals surface area contributed by atoms with Crippen molar-refractivity contribution in [1.29, 1.82) is 0 Å². The number of unbranched alkanes of at least 4 members (excludes halogenated alkanes) is 1. The van der Waals surface area contributed by atoms with E-state index in [1.807, 2.05) is 18.0 Å². The topological polar surface area (TPSA) is 19.7 Å². The number of hydrogen-bond acceptors (Lipinski definition) is 1. The molecular formula is C11H21N2S+. The minimum absolute atomic E-state index is 1.16. The van der Waals surface area contributed by atoms with E-state index in [4.69, 9.17) is 0 Å². The molecule has 0 bridgehead atoms. The average Bonchev–Trinajstić information content (AvgIpc) is 2.63. The van der Waals surface area contributed by atoms with E-state index in [1.54, 1.807) is 0 Å². The van der Waals surface area contributed by atoms with E-state index in [0.717, 1.165) is 6.54 Å². The highest BCUT2D eigenvalue weighted by Gasteiger charge is 2.08. The zero-order valence-electron chi connectivity index (χ0n) is 9.25. The van der Waals surface area contributed by atoms with Crippen LogP contribution in [0.1, 0.15) is 32.0 Å². The first kappa shape index (κ1) is 11.6. The molecule has 1 heterocycles. The van der Waals surface area contributed by atoms with Crippen molar-refractivity contribution in [2.24, 2.45) is 0 Å². The molecule has 0 spiro atoms. The van der Waals surface area contributed by atoms with E-state index in [0.29, 0.717) is 0 Å². The monoisotopic (exact) mass is 213 g/mol. The molecule has 3 heteroatoms. The Morgan fingerprint density at radius 3 is 3.00 bits per heavy atom. The zero-order chi connectivity index (χ0) is 10.2. The normalized spacial score (nSPS) is 10.7. The Morgan fingerprint density at radius 1 is 1.43 bits per heavy atom. The van der Waals surface area contributed by atoms with Gasteiger partial charge in [-0.3, -0.25) is 0 Å². The van der Waals surface area contributed by atoms with Gasteiger partial charge in [0.1, 0.15) is 12.4 Å². The minimum Gasteiger partial charge on any atom is -0.248 e. The zero-order valence-corrected chi connectivity index (χ0v) is 10.1. The van der Waals surface area contributed by atoms with E-state index in [2.05, 4.69) is 28.9 Å². The van der Waals surface area contributed by atoms with Crippen molar-refractivity contribution < 1.29 is 4.57 Å². The summed E-state index contributed by atoms with van der Waals surface area (Å²) in [5.74, 6) is 2.64. The van der Waals surface area contributed by atoms with Gasteiger partial charge >= 0.3 is 0 Å². The molecule has 1 N–H and O–H groups in total. The van der Waals surface area contributed by atoms with Gasteiger partial charge < -0.3 is 0 Å². The van der Waals surface area contributed by atoms with Crippen LogP contribution in [0.4, 0.5) is 0 Å². The summed E-state index contributed by atoms with van der Waals surface area (Å²) in [6, 6.07) is 0. The highest BCUT2D eigenvalue weighted by Crippen LogP contribution is 2.00. The molecule has 0 saturated carbocycles. The molecule has 0 aromatic carbocycles. The quantitative estimate of drug-likeness (QED) is 0.544. The lowest BCUT2D eigenvalue weighted by Crippen LogP contribution is -2.36. The Morgan fingerprint density at radius 2 is 2.29 bits per heavy atom. The van der Waals surface area contributed by atoms with Gasteiger partial charge in [0.25, 0.3) is 5.82 Å². The molecule has 14 heavy (non-hydrogen) atoms. The molecule has 80 valence electrons. The number of rotatable bonds is 7. The number of aromatic nitrogens is 2. The molecule has 0 fully saturated rings. The molecule has 0 aliphatic rings. The van der Waals surface area contributed by atoms with Gasteiger partial charge in [-0.25, -0.2) is 9.55 Å². The van der Waals surface area contributed by atoms with Crippen molar-refractivity contribution in [3.8, 4) is 0 Å². The fraction of sp³-hybridized carbons (Fsp3) is 0.727. The summed E-state index contributed by atoms with van der Waals surface area (Å²) in [6.07, 6.45) is 11.4. The van der Waals surface area contributed by atoms with Gasteiger partial charge in [-0.1, -0.05) is 13.3 Å². The summed E-state index contributed by atoms with van der Waals surface area (Å²) in [6.45, 7) is 3.40.